The Morgan fingerprint density at radius 3 is 2.48 bits per heavy atom. The number of hydrogen-bond acceptors (Lipinski definition) is 2. The van der Waals surface area contributed by atoms with Gasteiger partial charge in [0.15, 0.2) is 0 Å². The summed E-state index contributed by atoms with van der Waals surface area (Å²) in [5.74, 6) is -0.381. The minimum atomic E-state index is -0.381. The van der Waals surface area contributed by atoms with Gasteiger partial charge in [0.1, 0.15) is 0 Å². The Labute approximate surface area is 126 Å². The number of carbonyl (C=O) groups excluding carboxylic acids is 1. The number of rotatable bonds is 6. The summed E-state index contributed by atoms with van der Waals surface area (Å²) < 4.78 is 0. The van der Waals surface area contributed by atoms with E-state index in [9.17, 15) is 4.79 Å². The number of nitrogens with two attached hydrogens (primary N) is 1. The van der Waals surface area contributed by atoms with E-state index in [1.807, 2.05) is 25.1 Å². The minimum Gasteiger partial charge on any atom is -0.366 e. The maximum Gasteiger partial charge on any atom is 0.248 e. The summed E-state index contributed by atoms with van der Waals surface area (Å²) in [6.45, 7) is 4.96. The Morgan fingerprint density at radius 1 is 1.19 bits per heavy atom. The molecule has 3 heteroatoms. The second-order valence-corrected chi connectivity index (χ2v) is 5.26. The molecule has 1 unspecified atom stereocenters. The highest BCUT2D eigenvalue weighted by atomic mass is 16.1. The number of nitrogens with one attached hydrogen (secondary N) is 1. The molecule has 2 aromatic rings. The zero-order chi connectivity index (χ0) is 15.2. The zero-order valence-electron chi connectivity index (χ0n) is 12.6. The van der Waals surface area contributed by atoms with Gasteiger partial charge < -0.3 is 11.1 Å². The van der Waals surface area contributed by atoms with Crippen molar-refractivity contribution in [1.82, 2.24) is 5.32 Å². The molecule has 21 heavy (non-hydrogen) atoms. The molecular formula is C18H22N2O. The van der Waals surface area contributed by atoms with E-state index in [0.717, 1.165) is 18.5 Å². The van der Waals surface area contributed by atoms with Crippen LogP contribution in [0.5, 0.6) is 0 Å². The third-order valence-corrected chi connectivity index (χ3v) is 3.78. The molecule has 0 aliphatic carbocycles. The smallest absolute Gasteiger partial charge is 0.248 e. The van der Waals surface area contributed by atoms with Gasteiger partial charge in [-0.25, -0.2) is 0 Å². The van der Waals surface area contributed by atoms with Gasteiger partial charge in [-0.15, -0.1) is 0 Å². The number of carbonyl (C=O) groups is 1. The molecule has 1 amide bonds. The van der Waals surface area contributed by atoms with Crippen molar-refractivity contribution >= 4 is 5.91 Å². The SMILES string of the molecule is CCC(NCc1ccc(C(N)=O)cc1C)c1ccccc1. The van der Waals surface area contributed by atoms with Crippen LogP contribution in [0.15, 0.2) is 48.5 Å². The van der Waals surface area contributed by atoms with Crippen molar-refractivity contribution in [2.45, 2.75) is 32.9 Å². The number of aryl methyl sites for hydroxylation is 1. The van der Waals surface area contributed by atoms with Crippen molar-refractivity contribution in [3.8, 4) is 0 Å². The first-order valence-electron chi connectivity index (χ1n) is 7.29. The summed E-state index contributed by atoms with van der Waals surface area (Å²) >= 11 is 0. The lowest BCUT2D eigenvalue weighted by atomic mass is 10.0. The molecule has 0 saturated carbocycles. The molecule has 0 saturated heterocycles. The van der Waals surface area contributed by atoms with Crippen LogP contribution in [0.1, 0.15) is 46.4 Å². The van der Waals surface area contributed by atoms with Crippen LogP contribution in [-0.4, -0.2) is 5.91 Å². The van der Waals surface area contributed by atoms with Crippen molar-refractivity contribution in [3.05, 3.63) is 70.8 Å². The van der Waals surface area contributed by atoms with Gasteiger partial charge in [0, 0.05) is 18.2 Å². The lowest BCUT2D eigenvalue weighted by Gasteiger charge is -2.18. The Bertz CT molecular complexity index is 608. The predicted molar refractivity (Wildman–Crippen MR) is 86.0 cm³/mol. The van der Waals surface area contributed by atoms with Crippen LogP contribution in [0.25, 0.3) is 0 Å². The predicted octanol–water partition coefficient (Wildman–Crippen LogP) is 3.33. The van der Waals surface area contributed by atoms with Crippen LogP contribution < -0.4 is 11.1 Å². The standard InChI is InChI=1S/C18H22N2O/c1-3-17(14-7-5-4-6-8-14)20-12-16-10-9-15(18(19)21)11-13(16)2/h4-11,17,20H,3,12H2,1-2H3,(H2,19,21). The van der Waals surface area contributed by atoms with E-state index in [4.69, 9.17) is 5.73 Å². The topological polar surface area (TPSA) is 55.1 Å². The van der Waals surface area contributed by atoms with Gasteiger partial charge in [0.05, 0.1) is 0 Å². The molecule has 2 aromatic carbocycles. The van der Waals surface area contributed by atoms with E-state index in [2.05, 4.69) is 36.5 Å². The van der Waals surface area contributed by atoms with Gasteiger partial charge in [-0.05, 0) is 42.2 Å². The Kier molecular flexibility index (Phi) is 5.12. The summed E-state index contributed by atoms with van der Waals surface area (Å²) in [5, 5.41) is 3.58. The first-order valence-corrected chi connectivity index (χ1v) is 7.29. The summed E-state index contributed by atoms with van der Waals surface area (Å²) in [6, 6.07) is 16.4. The summed E-state index contributed by atoms with van der Waals surface area (Å²) in [7, 11) is 0. The highest BCUT2D eigenvalue weighted by Gasteiger charge is 2.09. The van der Waals surface area contributed by atoms with E-state index in [-0.39, 0.29) is 5.91 Å². The van der Waals surface area contributed by atoms with Crippen LogP contribution in [0.4, 0.5) is 0 Å². The van der Waals surface area contributed by atoms with Gasteiger partial charge in [-0.3, -0.25) is 4.79 Å². The van der Waals surface area contributed by atoms with Gasteiger partial charge in [-0.2, -0.15) is 0 Å². The molecule has 0 aliphatic heterocycles. The van der Waals surface area contributed by atoms with Gasteiger partial charge >= 0.3 is 0 Å². The molecule has 3 nitrogen and oxygen atoms in total. The highest BCUT2D eigenvalue weighted by Crippen LogP contribution is 2.18. The number of hydrogen-bond donors (Lipinski definition) is 2. The highest BCUT2D eigenvalue weighted by molar-refractivity contribution is 5.93. The Balaban J connectivity index is 2.07. The van der Waals surface area contributed by atoms with Crippen LogP contribution in [0.2, 0.25) is 0 Å². The Morgan fingerprint density at radius 2 is 1.90 bits per heavy atom. The molecule has 1 atom stereocenters. The first kappa shape index (κ1) is 15.3. The fourth-order valence-corrected chi connectivity index (χ4v) is 2.46. The zero-order valence-corrected chi connectivity index (χ0v) is 12.6. The van der Waals surface area contributed by atoms with Crippen molar-refractivity contribution in [2.75, 3.05) is 0 Å². The van der Waals surface area contributed by atoms with Gasteiger partial charge in [-0.1, -0.05) is 43.3 Å². The third-order valence-electron chi connectivity index (χ3n) is 3.78. The summed E-state index contributed by atoms with van der Waals surface area (Å²) in [6.07, 6.45) is 1.03. The molecule has 3 N–H and O–H groups in total. The maximum atomic E-state index is 11.2. The van der Waals surface area contributed by atoms with E-state index in [1.54, 1.807) is 6.07 Å². The lowest BCUT2D eigenvalue weighted by molar-refractivity contribution is 0.1000. The van der Waals surface area contributed by atoms with Crippen LogP contribution in [0.3, 0.4) is 0 Å². The fourth-order valence-electron chi connectivity index (χ4n) is 2.46. The second-order valence-electron chi connectivity index (χ2n) is 5.26. The summed E-state index contributed by atoms with van der Waals surface area (Å²) in [4.78, 5) is 11.2. The lowest BCUT2D eigenvalue weighted by Crippen LogP contribution is -2.21. The molecule has 0 heterocycles. The molecule has 0 radical (unpaired) electrons. The van der Waals surface area contributed by atoms with E-state index in [1.165, 1.54) is 11.1 Å². The van der Waals surface area contributed by atoms with E-state index in [0.29, 0.717) is 11.6 Å². The molecule has 0 bridgehead atoms. The van der Waals surface area contributed by atoms with Crippen molar-refractivity contribution < 1.29 is 4.79 Å². The fraction of sp³-hybridized carbons (Fsp3) is 0.278. The molecule has 0 aromatic heterocycles. The monoisotopic (exact) mass is 282 g/mol. The molecule has 0 aliphatic rings. The molecule has 2 rings (SSSR count). The molecule has 110 valence electrons. The van der Waals surface area contributed by atoms with Crippen molar-refractivity contribution in [3.63, 3.8) is 0 Å². The number of primary amides is 1. The average Bonchev–Trinajstić information content (AvgIpc) is 2.50. The van der Waals surface area contributed by atoms with Crippen LogP contribution in [-0.2, 0) is 6.54 Å². The Hall–Kier alpha value is -2.13. The molecular weight excluding hydrogens is 260 g/mol. The summed E-state index contributed by atoms with van der Waals surface area (Å²) in [5.41, 5.74) is 9.43. The van der Waals surface area contributed by atoms with E-state index >= 15 is 0 Å². The largest absolute Gasteiger partial charge is 0.366 e. The average molecular weight is 282 g/mol. The van der Waals surface area contributed by atoms with Crippen LogP contribution >= 0.6 is 0 Å². The van der Waals surface area contributed by atoms with Crippen molar-refractivity contribution in [2.24, 2.45) is 5.73 Å². The number of benzene rings is 2. The van der Waals surface area contributed by atoms with E-state index < -0.39 is 0 Å². The first-order chi connectivity index (χ1) is 10.1. The van der Waals surface area contributed by atoms with Gasteiger partial charge in [0.25, 0.3) is 0 Å². The van der Waals surface area contributed by atoms with Crippen LogP contribution in [0, 0.1) is 6.92 Å². The normalized spacial score (nSPS) is 12.1. The van der Waals surface area contributed by atoms with Crippen molar-refractivity contribution in [1.29, 1.82) is 0 Å². The second kappa shape index (κ2) is 7.04. The number of amides is 1. The van der Waals surface area contributed by atoms with Gasteiger partial charge in [0.2, 0.25) is 5.91 Å². The quantitative estimate of drug-likeness (QED) is 0.853. The molecule has 0 spiro atoms. The molecule has 0 fully saturated rings. The minimum absolute atomic E-state index is 0.335. The third kappa shape index (κ3) is 3.92. The maximum absolute atomic E-state index is 11.2.